The molecule has 0 aliphatic rings. The summed E-state index contributed by atoms with van der Waals surface area (Å²) in [5.41, 5.74) is 2.85. The normalized spacial score (nSPS) is 11.0. The fraction of sp³-hybridized carbons (Fsp3) is 0.286. The highest BCUT2D eigenvalue weighted by molar-refractivity contribution is 9.10. The van der Waals surface area contributed by atoms with Crippen molar-refractivity contribution < 1.29 is 0 Å². The molecule has 1 heterocycles. The molecule has 0 saturated carbocycles. The molecule has 0 N–H and O–H groups in total. The van der Waals surface area contributed by atoms with Gasteiger partial charge in [0.2, 0.25) is 0 Å². The summed E-state index contributed by atoms with van der Waals surface area (Å²) in [7, 11) is 0. The molecule has 2 nitrogen and oxygen atoms in total. The van der Waals surface area contributed by atoms with Gasteiger partial charge in [-0.15, -0.1) is 0 Å². The van der Waals surface area contributed by atoms with Gasteiger partial charge in [0.1, 0.15) is 11.0 Å². The first-order valence-corrected chi connectivity index (χ1v) is 6.96. The van der Waals surface area contributed by atoms with E-state index < -0.39 is 0 Å². The molecule has 1 aromatic carbocycles. The Labute approximate surface area is 121 Å². The van der Waals surface area contributed by atoms with Crippen LogP contribution in [0.3, 0.4) is 0 Å². The first kappa shape index (κ1) is 13.5. The Hall–Kier alpha value is -0.930. The van der Waals surface area contributed by atoms with Crippen molar-refractivity contribution in [2.24, 2.45) is 0 Å². The zero-order valence-corrected chi connectivity index (χ0v) is 12.9. The molecular weight excluding hydrogens is 312 g/mol. The molecule has 0 aliphatic carbocycles. The molecule has 0 saturated heterocycles. The molecule has 0 unspecified atom stereocenters. The van der Waals surface area contributed by atoms with Crippen LogP contribution in [-0.2, 0) is 0 Å². The highest BCUT2D eigenvalue weighted by atomic mass is 79.9. The van der Waals surface area contributed by atoms with Crippen LogP contribution in [-0.4, -0.2) is 9.97 Å². The highest BCUT2D eigenvalue weighted by Gasteiger charge is 2.14. The topological polar surface area (TPSA) is 25.8 Å². The maximum atomic E-state index is 6.20. The van der Waals surface area contributed by atoms with Gasteiger partial charge in [-0.3, -0.25) is 0 Å². The van der Waals surface area contributed by atoms with Crippen molar-refractivity contribution in [2.45, 2.75) is 26.7 Å². The molecule has 0 amide bonds. The second kappa shape index (κ2) is 5.37. The second-order valence-electron chi connectivity index (χ2n) is 4.48. The van der Waals surface area contributed by atoms with E-state index in [0.29, 0.717) is 5.15 Å². The number of benzene rings is 1. The average molecular weight is 326 g/mol. The molecule has 0 bridgehead atoms. The van der Waals surface area contributed by atoms with E-state index in [1.807, 2.05) is 31.2 Å². The largest absolute Gasteiger partial charge is 0.232 e. The smallest absolute Gasteiger partial charge is 0.136 e. The highest BCUT2D eigenvalue weighted by Crippen LogP contribution is 2.32. The Kier molecular flexibility index (Phi) is 4.03. The van der Waals surface area contributed by atoms with Crippen molar-refractivity contribution in [2.75, 3.05) is 0 Å². The Morgan fingerprint density at radius 2 is 1.83 bits per heavy atom. The second-order valence-corrected chi connectivity index (χ2v) is 5.69. The van der Waals surface area contributed by atoms with Crippen molar-refractivity contribution in [3.05, 3.63) is 45.3 Å². The average Bonchev–Trinajstić information content (AvgIpc) is 2.33. The summed E-state index contributed by atoms with van der Waals surface area (Å²) in [5, 5.41) is 0.527. The maximum absolute atomic E-state index is 6.20. The number of rotatable bonds is 2. The zero-order valence-electron chi connectivity index (χ0n) is 10.5. The van der Waals surface area contributed by atoms with E-state index in [-0.39, 0.29) is 5.92 Å². The zero-order chi connectivity index (χ0) is 13.3. The SMILES string of the molecule is Cc1c(Cl)nc(C(C)C)nc1-c1ccccc1Br. The fourth-order valence-corrected chi connectivity index (χ4v) is 2.33. The molecule has 1 aromatic heterocycles. The first-order chi connectivity index (χ1) is 8.50. The van der Waals surface area contributed by atoms with Crippen LogP contribution in [0.4, 0.5) is 0 Å². The molecule has 18 heavy (non-hydrogen) atoms. The van der Waals surface area contributed by atoms with Crippen LogP contribution in [0.1, 0.15) is 31.2 Å². The van der Waals surface area contributed by atoms with Crippen molar-refractivity contribution in [1.29, 1.82) is 0 Å². The standard InChI is InChI=1S/C14H14BrClN2/c1-8(2)14-17-12(9(3)13(16)18-14)10-6-4-5-7-11(10)15/h4-8H,1-3H3. The minimum absolute atomic E-state index is 0.254. The number of nitrogens with zero attached hydrogens (tertiary/aromatic N) is 2. The van der Waals surface area contributed by atoms with Crippen LogP contribution in [0, 0.1) is 6.92 Å². The Bertz CT molecular complexity index is 582. The summed E-state index contributed by atoms with van der Waals surface area (Å²) >= 11 is 9.75. The summed E-state index contributed by atoms with van der Waals surface area (Å²) in [5.74, 6) is 1.03. The van der Waals surface area contributed by atoms with Gasteiger partial charge in [0, 0.05) is 21.5 Å². The Morgan fingerprint density at radius 3 is 2.44 bits per heavy atom. The molecular formula is C14H14BrClN2. The van der Waals surface area contributed by atoms with Crippen molar-refractivity contribution in [3.63, 3.8) is 0 Å². The van der Waals surface area contributed by atoms with Gasteiger partial charge in [0.15, 0.2) is 0 Å². The number of aromatic nitrogens is 2. The predicted molar refractivity (Wildman–Crippen MR) is 79.0 cm³/mol. The van der Waals surface area contributed by atoms with Crippen LogP contribution >= 0.6 is 27.5 Å². The molecule has 0 aliphatic heterocycles. The van der Waals surface area contributed by atoms with Crippen LogP contribution in [0.15, 0.2) is 28.7 Å². The fourth-order valence-electron chi connectivity index (χ4n) is 1.68. The van der Waals surface area contributed by atoms with E-state index in [1.54, 1.807) is 0 Å². The minimum atomic E-state index is 0.254. The summed E-state index contributed by atoms with van der Waals surface area (Å²) in [6.45, 7) is 6.07. The summed E-state index contributed by atoms with van der Waals surface area (Å²) in [4.78, 5) is 8.97. The molecule has 4 heteroatoms. The van der Waals surface area contributed by atoms with Crippen LogP contribution < -0.4 is 0 Å². The van der Waals surface area contributed by atoms with Gasteiger partial charge < -0.3 is 0 Å². The monoisotopic (exact) mass is 324 g/mol. The molecule has 94 valence electrons. The minimum Gasteiger partial charge on any atom is -0.232 e. The van der Waals surface area contributed by atoms with Crippen LogP contribution in [0.5, 0.6) is 0 Å². The van der Waals surface area contributed by atoms with E-state index in [0.717, 1.165) is 27.1 Å². The third-order valence-electron chi connectivity index (χ3n) is 2.75. The van der Waals surface area contributed by atoms with Gasteiger partial charge in [0.25, 0.3) is 0 Å². The Morgan fingerprint density at radius 1 is 1.17 bits per heavy atom. The maximum Gasteiger partial charge on any atom is 0.136 e. The van der Waals surface area contributed by atoms with Gasteiger partial charge in [-0.1, -0.05) is 59.6 Å². The van der Waals surface area contributed by atoms with E-state index in [2.05, 4.69) is 39.7 Å². The summed E-state index contributed by atoms with van der Waals surface area (Å²) < 4.78 is 1.01. The van der Waals surface area contributed by atoms with Crippen molar-refractivity contribution in [1.82, 2.24) is 9.97 Å². The number of hydrogen-bond donors (Lipinski definition) is 0. The van der Waals surface area contributed by atoms with E-state index >= 15 is 0 Å². The third kappa shape index (κ3) is 2.57. The van der Waals surface area contributed by atoms with Gasteiger partial charge >= 0.3 is 0 Å². The quantitative estimate of drug-likeness (QED) is 0.727. The molecule has 0 atom stereocenters. The van der Waals surface area contributed by atoms with Crippen molar-refractivity contribution >= 4 is 27.5 Å². The summed E-state index contributed by atoms with van der Waals surface area (Å²) in [6.07, 6.45) is 0. The molecule has 0 radical (unpaired) electrons. The van der Waals surface area contributed by atoms with Gasteiger partial charge in [-0.25, -0.2) is 9.97 Å². The lowest BCUT2D eigenvalue weighted by Gasteiger charge is -2.12. The predicted octanol–water partition coefficient (Wildman–Crippen LogP) is 4.99. The number of hydrogen-bond acceptors (Lipinski definition) is 2. The lowest BCUT2D eigenvalue weighted by Crippen LogP contribution is -2.02. The number of halogens is 2. The molecule has 0 spiro atoms. The van der Waals surface area contributed by atoms with E-state index in [1.165, 1.54) is 0 Å². The molecule has 0 fully saturated rings. The van der Waals surface area contributed by atoms with Crippen LogP contribution in [0.25, 0.3) is 11.3 Å². The lowest BCUT2D eigenvalue weighted by atomic mass is 10.1. The molecule has 2 rings (SSSR count). The van der Waals surface area contributed by atoms with Gasteiger partial charge in [-0.05, 0) is 13.0 Å². The van der Waals surface area contributed by atoms with E-state index in [4.69, 9.17) is 11.6 Å². The summed E-state index contributed by atoms with van der Waals surface area (Å²) in [6, 6.07) is 8.00. The third-order valence-corrected chi connectivity index (χ3v) is 3.81. The molecule has 2 aromatic rings. The lowest BCUT2D eigenvalue weighted by molar-refractivity contribution is 0.773. The van der Waals surface area contributed by atoms with Gasteiger partial charge in [-0.2, -0.15) is 0 Å². The van der Waals surface area contributed by atoms with Gasteiger partial charge in [0.05, 0.1) is 5.69 Å². The van der Waals surface area contributed by atoms with Crippen molar-refractivity contribution in [3.8, 4) is 11.3 Å². The first-order valence-electron chi connectivity index (χ1n) is 5.79. The van der Waals surface area contributed by atoms with E-state index in [9.17, 15) is 0 Å². The Balaban J connectivity index is 2.67. The van der Waals surface area contributed by atoms with Crippen LogP contribution in [0.2, 0.25) is 5.15 Å².